The van der Waals surface area contributed by atoms with Gasteiger partial charge in [-0.3, -0.25) is 0 Å². The number of anilines is 3. The molecule has 20 heavy (non-hydrogen) atoms. The van der Waals surface area contributed by atoms with E-state index in [2.05, 4.69) is 26.0 Å². The number of esters is 1. The molecule has 1 aliphatic heterocycles. The number of rotatable bonds is 2. The zero-order chi connectivity index (χ0) is 14.3. The molecule has 0 radical (unpaired) electrons. The molecule has 0 fully saturated rings. The molecule has 0 bridgehead atoms. The highest BCUT2D eigenvalue weighted by Gasteiger charge is 2.25. The standard InChI is InChI=1S/C13H11BrN2O3S/c1-19-13(18)12-10(17)5-11(20-12)16-6-15-8-3-2-7(14)4-9(8)16/h2-5,15,17H,6H2,1H3. The summed E-state index contributed by atoms with van der Waals surface area (Å²) in [6, 6.07) is 7.51. The van der Waals surface area contributed by atoms with Crippen LogP contribution in [-0.4, -0.2) is 24.9 Å². The summed E-state index contributed by atoms with van der Waals surface area (Å²) < 4.78 is 5.62. The van der Waals surface area contributed by atoms with E-state index in [0.29, 0.717) is 6.67 Å². The highest BCUT2D eigenvalue weighted by molar-refractivity contribution is 9.10. The fourth-order valence-corrected chi connectivity index (χ4v) is 3.40. The Hall–Kier alpha value is -1.73. The van der Waals surface area contributed by atoms with E-state index in [9.17, 15) is 9.90 Å². The van der Waals surface area contributed by atoms with Crippen LogP contribution in [0.5, 0.6) is 5.75 Å². The Bertz CT molecular complexity index is 686. The van der Waals surface area contributed by atoms with Crippen LogP contribution in [-0.2, 0) is 4.74 Å². The quantitative estimate of drug-likeness (QED) is 0.807. The maximum absolute atomic E-state index is 11.5. The molecule has 0 saturated heterocycles. The number of halogens is 1. The smallest absolute Gasteiger partial charge is 0.351 e. The molecule has 0 aliphatic carbocycles. The van der Waals surface area contributed by atoms with E-state index < -0.39 is 5.97 Å². The minimum atomic E-state index is -0.527. The Morgan fingerprint density at radius 3 is 3.05 bits per heavy atom. The summed E-state index contributed by atoms with van der Waals surface area (Å²) >= 11 is 4.65. The minimum Gasteiger partial charge on any atom is -0.506 e. The third kappa shape index (κ3) is 2.12. The molecule has 0 saturated carbocycles. The highest BCUT2D eigenvalue weighted by Crippen LogP contribution is 2.44. The van der Waals surface area contributed by atoms with E-state index in [-0.39, 0.29) is 10.6 Å². The van der Waals surface area contributed by atoms with Crippen molar-refractivity contribution in [2.45, 2.75) is 0 Å². The summed E-state index contributed by atoms with van der Waals surface area (Å²) in [6.07, 6.45) is 0. The lowest BCUT2D eigenvalue weighted by Gasteiger charge is -2.15. The van der Waals surface area contributed by atoms with Crippen molar-refractivity contribution in [1.82, 2.24) is 0 Å². The van der Waals surface area contributed by atoms with E-state index in [1.807, 2.05) is 23.1 Å². The van der Waals surface area contributed by atoms with E-state index in [0.717, 1.165) is 20.8 Å². The van der Waals surface area contributed by atoms with Gasteiger partial charge in [-0.2, -0.15) is 0 Å². The van der Waals surface area contributed by atoms with Crippen LogP contribution in [0.3, 0.4) is 0 Å². The molecule has 7 heteroatoms. The SMILES string of the molecule is COC(=O)c1sc(N2CNc3ccc(Br)cc32)cc1O. The Balaban J connectivity index is 2.00. The molecule has 0 unspecified atom stereocenters. The lowest BCUT2D eigenvalue weighted by molar-refractivity contribution is 0.0603. The molecule has 2 heterocycles. The summed E-state index contributed by atoms with van der Waals surface area (Å²) in [5.74, 6) is -0.583. The van der Waals surface area contributed by atoms with Gasteiger partial charge in [-0.1, -0.05) is 15.9 Å². The number of fused-ring (bicyclic) bond motifs is 1. The number of ether oxygens (including phenoxy) is 1. The second-order valence-electron chi connectivity index (χ2n) is 4.21. The molecule has 2 N–H and O–H groups in total. The number of benzene rings is 1. The van der Waals surface area contributed by atoms with Gasteiger partial charge in [-0.05, 0) is 18.2 Å². The summed E-state index contributed by atoms with van der Waals surface area (Å²) in [5, 5.41) is 13.9. The molecule has 1 aromatic carbocycles. The maximum atomic E-state index is 11.5. The number of hydrogen-bond donors (Lipinski definition) is 2. The summed E-state index contributed by atoms with van der Waals surface area (Å²) in [4.78, 5) is 13.8. The van der Waals surface area contributed by atoms with Gasteiger partial charge in [-0.25, -0.2) is 4.79 Å². The normalized spacial score (nSPS) is 13.0. The molecular formula is C13H11BrN2O3S. The predicted octanol–water partition coefficient (Wildman–Crippen LogP) is 3.52. The first-order valence-electron chi connectivity index (χ1n) is 5.82. The van der Waals surface area contributed by atoms with E-state index >= 15 is 0 Å². The van der Waals surface area contributed by atoms with Crippen LogP contribution in [0, 0.1) is 0 Å². The van der Waals surface area contributed by atoms with Crippen molar-refractivity contribution in [3.05, 3.63) is 33.6 Å². The molecule has 3 rings (SSSR count). The van der Waals surface area contributed by atoms with Crippen molar-refractivity contribution < 1.29 is 14.6 Å². The van der Waals surface area contributed by atoms with E-state index in [1.54, 1.807) is 6.07 Å². The molecule has 1 aromatic heterocycles. The van der Waals surface area contributed by atoms with Crippen LogP contribution >= 0.6 is 27.3 Å². The van der Waals surface area contributed by atoms with Gasteiger partial charge in [-0.15, -0.1) is 11.3 Å². The number of carbonyl (C=O) groups excluding carboxylic acids is 1. The first kappa shape index (κ1) is 13.3. The van der Waals surface area contributed by atoms with Gasteiger partial charge in [0.05, 0.1) is 25.2 Å². The lowest BCUT2D eigenvalue weighted by atomic mass is 10.2. The lowest BCUT2D eigenvalue weighted by Crippen LogP contribution is -2.14. The molecule has 5 nitrogen and oxygen atoms in total. The third-order valence-electron chi connectivity index (χ3n) is 3.01. The summed E-state index contributed by atoms with van der Waals surface area (Å²) in [7, 11) is 1.30. The van der Waals surface area contributed by atoms with Crippen molar-refractivity contribution in [3.63, 3.8) is 0 Å². The maximum Gasteiger partial charge on any atom is 0.351 e. The monoisotopic (exact) mass is 354 g/mol. The molecule has 104 valence electrons. The molecule has 0 amide bonds. The van der Waals surface area contributed by atoms with Crippen LogP contribution in [0.4, 0.5) is 16.4 Å². The Kier molecular flexibility index (Phi) is 3.31. The summed E-state index contributed by atoms with van der Waals surface area (Å²) in [5.41, 5.74) is 2.01. The van der Waals surface area contributed by atoms with Gasteiger partial charge in [0.1, 0.15) is 10.8 Å². The number of thiophene rings is 1. The van der Waals surface area contributed by atoms with Gasteiger partial charge in [0.25, 0.3) is 0 Å². The van der Waals surface area contributed by atoms with Crippen molar-refractivity contribution in [2.75, 3.05) is 24.0 Å². The largest absolute Gasteiger partial charge is 0.506 e. The average molecular weight is 355 g/mol. The van der Waals surface area contributed by atoms with Gasteiger partial charge < -0.3 is 20.1 Å². The van der Waals surface area contributed by atoms with Crippen molar-refractivity contribution in [3.8, 4) is 5.75 Å². The van der Waals surface area contributed by atoms with Crippen LogP contribution in [0.25, 0.3) is 0 Å². The second-order valence-corrected chi connectivity index (χ2v) is 6.16. The van der Waals surface area contributed by atoms with Gasteiger partial charge in [0.2, 0.25) is 0 Å². The van der Waals surface area contributed by atoms with Crippen LogP contribution in [0.1, 0.15) is 9.67 Å². The van der Waals surface area contributed by atoms with Gasteiger partial charge in [0.15, 0.2) is 4.88 Å². The molecular weight excluding hydrogens is 344 g/mol. The number of methoxy groups -OCH3 is 1. The number of carbonyl (C=O) groups is 1. The Morgan fingerprint density at radius 1 is 1.50 bits per heavy atom. The van der Waals surface area contributed by atoms with E-state index in [1.165, 1.54) is 18.4 Å². The predicted molar refractivity (Wildman–Crippen MR) is 82.1 cm³/mol. The number of nitrogens with one attached hydrogen (secondary N) is 1. The second kappa shape index (κ2) is 4.99. The zero-order valence-electron chi connectivity index (χ0n) is 10.5. The fraction of sp³-hybridized carbons (Fsp3) is 0.154. The van der Waals surface area contributed by atoms with E-state index in [4.69, 9.17) is 0 Å². The van der Waals surface area contributed by atoms with Crippen LogP contribution in [0.2, 0.25) is 0 Å². The average Bonchev–Trinajstić information content (AvgIpc) is 3.01. The van der Waals surface area contributed by atoms with Gasteiger partial charge >= 0.3 is 5.97 Å². The molecule has 0 atom stereocenters. The highest BCUT2D eigenvalue weighted by atomic mass is 79.9. The first-order chi connectivity index (χ1) is 9.60. The number of nitrogens with zero attached hydrogens (tertiary/aromatic N) is 1. The minimum absolute atomic E-state index is 0.0553. The van der Waals surface area contributed by atoms with Crippen LogP contribution in [0.15, 0.2) is 28.7 Å². The van der Waals surface area contributed by atoms with Crippen LogP contribution < -0.4 is 10.2 Å². The van der Waals surface area contributed by atoms with Crippen molar-refractivity contribution in [1.29, 1.82) is 0 Å². The third-order valence-corrected chi connectivity index (χ3v) is 4.64. The Labute approximate surface area is 127 Å². The fourth-order valence-electron chi connectivity index (χ4n) is 2.06. The number of hydrogen-bond acceptors (Lipinski definition) is 6. The summed E-state index contributed by atoms with van der Waals surface area (Å²) in [6.45, 7) is 0.590. The Morgan fingerprint density at radius 2 is 2.30 bits per heavy atom. The molecule has 1 aliphatic rings. The van der Waals surface area contributed by atoms with Crippen molar-refractivity contribution >= 4 is 49.6 Å². The van der Waals surface area contributed by atoms with Crippen molar-refractivity contribution in [2.24, 2.45) is 0 Å². The molecule has 0 spiro atoms. The van der Waals surface area contributed by atoms with Gasteiger partial charge in [0, 0.05) is 10.5 Å². The topological polar surface area (TPSA) is 61.8 Å². The number of aromatic hydroxyl groups is 1. The molecule has 2 aromatic rings. The first-order valence-corrected chi connectivity index (χ1v) is 7.43. The zero-order valence-corrected chi connectivity index (χ0v) is 12.9.